The molecule has 3 rings (SSSR count). The molecule has 2 N–H and O–H groups in total. The summed E-state index contributed by atoms with van der Waals surface area (Å²) >= 11 is 0. The summed E-state index contributed by atoms with van der Waals surface area (Å²) in [6.45, 7) is 4.77. The fraction of sp³-hybridized carbons (Fsp3) is 0.739. The summed E-state index contributed by atoms with van der Waals surface area (Å²) in [5, 5.41) is 20.7. The van der Waals surface area contributed by atoms with Crippen molar-refractivity contribution in [2.24, 2.45) is 10.8 Å². The van der Waals surface area contributed by atoms with Crippen LogP contribution in [-0.2, 0) is 12.8 Å². The molecule has 0 saturated heterocycles. The topological polar surface area (TPSA) is 40.5 Å². The molecule has 0 aliphatic heterocycles. The molecule has 25 heavy (non-hydrogen) atoms. The van der Waals surface area contributed by atoms with Crippen LogP contribution in [0.5, 0.6) is 11.5 Å². The van der Waals surface area contributed by atoms with Crippen molar-refractivity contribution in [2.45, 2.75) is 97.3 Å². The number of phenolic OH excluding ortho intramolecular Hbond substituents is 2. The molecule has 2 aliphatic carbocycles. The van der Waals surface area contributed by atoms with Crippen LogP contribution in [0.3, 0.4) is 0 Å². The van der Waals surface area contributed by atoms with Crippen LogP contribution in [0.4, 0.5) is 0 Å². The molecule has 2 aliphatic rings. The van der Waals surface area contributed by atoms with E-state index >= 15 is 0 Å². The van der Waals surface area contributed by atoms with Gasteiger partial charge in [-0.2, -0.15) is 0 Å². The molecule has 2 nitrogen and oxygen atoms in total. The third-order valence-corrected chi connectivity index (χ3v) is 6.73. The van der Waals surface area contributed by atoms with Crippen molar-refractivity contribution in [3.63, 3.8) is 0 Å². The average molecular weight is 345 g/mol. The Morgan fingerprint density at radius 2 is 1.32 bits per heavy atom. The van der Waals surface area contributed by atoms with Crippen LogP contribution in [0.25, 0.3) is 0 Å². The standard InChI is InChI=1S/C23H36O2/c1-22(14-15-22)12-6-3-4-9-19-20(24)11-10-18(21(19)25)8-5-7-13-23(2)16-17-23/h10-11,24-25H,3-9,12-17H2,1-2H3. The maximum atomic E-state index is 10.6. The maximum Gasteiger partial charge on any atom is 0.125 e. The Kier molecular flexibility index (Phi) is 5.65. The second-order valence-corrected chi connectivity index (χ2v) is 9.46. The van der Waals surface area contributed by atoms with E-state index < -0.39 is 0 Å². The minimum atomic E-state index is 0.265. The molecule has 1 aromatic carbocycles. The lowest BCUT2D eigenvalue weighted by molar-refractivity contribution is 0.426. The van der Waals surface area contributed by atoms with E-state index in [0.29, 0.717) is 16.6 Å². The van der Waals surface area contributed by atoms with Gasteiger partial charge in [-0.05, 0) is 86.7 Å². The molecule has 0 aromatic heterocycles. The highest BCUT2D eigenvalue weighted by Crippen LogP contribution is 2.50. The molecule has 2 fully saturated rings. The quantitative estimate of drug-likeness (QED) is 0.449. The summed E-state index contributed by atoms with van der Waals surface area (Å²) in [6.07, 6.45) is 15.8. The van der Waals surface area contributed by atoms with Crippen LogP contribution in [-0.4, -0.2) is 10.2 Å². The molecule has 1 aromatic rings. The van der Waals surface area contributed by atoms with E-state index in [0.717, 1.165) is 36.8 Å². The number of aryl methyl sites for hydroxylation is 1. The maximum absolute atomic E-state index is 10.6. The lowest BCUT2D eigenvalue weighted by Gasteiger charge is -2.13. The molecule has 140 valence electrons. The lowest BCUT2D eigenvalue weighted by Crippen LogP contribution is -1.97. The summed E-state index contributed by atoms with van der Waals surface area (Å²) in [5.41, 5.74) is 3.05. The van der Waals surface area contributed by atoms with Gasteiger partial charge in [0.15, 0.2) is 0 Å². The Morgan fingerprint density at radius 3 is 1.92 bits per heavy atom. The van der Waals surface area contributed by atoms with Gasteiger partial charge in [-0.25, -0.2) is 0 Å². The fourth-order valence-corrected chi connectivity index (χ4v) is 3.95. The van der Waals surface area contributed by atoms with Gasteiger partial charge in [0.2, 0.25) is 0 Å². The largest absolute Gasteiger partial charge is 0.508 e. The van der Waals surface area contributed by atoms with Crippen molar-refractivity contribution in [1.82, 2.24) is 0 Å². The minimum absolute atomic E-state index is 0.265. The highest BCUT2D eigenvalue weighted by molar-refractivity contribution is 5.48. The number of phenols is 2. The first-order valence-corrected chi connectivity index (χ1v) is 10.4. The zero-order chi connectivity index (χ0) is 17.9. The van der Waals surface area contributed by atoms with Gasteiger partial charge in [-0.15, -0.1) is 0 Å². The fourth-order valence-electron chi connectivity index (χ4n) is 3.95. The van der Waals surface area contributed by atoms with Gasteiger partial charge >= 0.3 is 0 Å². The molecule has 2 heteroatoms. The summed E-state index contributed by atoms with van der Waals surface area (Å²) in [4.78, 5) is 0. The average Bonchev–Trinajstić information content (AvgIpc) is 3.49. The molecule has 0 amide bonds. The van der Waals surface area contributed by atoms with Crippen molar-refractivity contribution in [2.75, 3.05) is 0 Å². The SMILES string of the molecule is CC1(CCCCCc2c(O)ccc(CCCCC3(C)CC3)c2O)CC1. The summed E-state index contributed by atoms with van der Waals surface area (Å²) < 4.78 is 0. The Hall–Kier alpha value is -1.18. The van der Waals surface area contributed by atoms with E-state index in [1.54, 1.807) is 6.07 Å². The van der Waals surface area contributed by atoms with Crippen molar-refractivity contribution in [1.29, 1.82) is 0 Å². The number of aromatic hydroxyl groups is 2. The van der Waals surface area contributed by atoms with Gasteiger partial charge in [0.05, 0.1) is 0 Å². The van der Waals surface area contributed by atoms with Crippen molar-refractivity contribution < 1.29 is 10.2 Å². The number of unbranched alkanes of at least 4 members (excludes halogenated alkanes) is 3. The Labute approximate surface area is 153 Å². The smallest absolute Gasteiger partial charge is 0.125 e. The van der Waals surface area contributed by atoms with Crippen LogP contribution in [0.2, 0.25) is 0 Å². The number of rotatable bonds is 11. The zero-order valence-electron chi connectivity index (χ0n) is 16.2. The van der Waals surface area contributed by atoms with E-state index in [-0.39, 0.29) is 5.75 Å². The molecule has 0 atom stereocenters. The Balaban J connectivity index is 1.43. The van der Waals surface area contributed by atoms with E-state index in [1.807, 2.05) is 6.07 Å². The number of hydrogen-bond donors (Lipinski definition) is 2. The van der Waals surface area contributed by atoms with Crippen LogP contribution in [0.1, 0.15) is 95.6 Å². The normalized spacial score (nSPS) is 19.8. The van der Waals surface area contributed by atoms with E-state index in [2.05, 4.69) is 13.8 Å². The first kappa shape index (κ1) is 18.6. The molecular formula is C23H36O2. The predicted molar refractivity (Wildman–Crippen MR) is 104 cm³/mol. The van der Waals surface area contributed by atoms with E-state index in [4.69, 9.17) is 0 Å². The van der Waals surface area contributed by atoms with Crippen molar-refractivity contribution >= 4 is 0 Å². The van der Waals surface area contributed by atoms with Gasteiger partial charge < -0.3 is 10.2 Å². The lowest BCUT2D eigenvalue weighted by atomic mass is 9.95. The third kappa shape index (κ3) is 5.39. The predicted octanol–water partition coefficient (Wildman–Crippen LogP) is 6.51. The van der Waals surface area contributed by atoms with E-state index in [1.165, 1.54) is 57.8 Å². The second kappa shape index (κ2) is 7.60. The van der Waals surface area contributed by atoms with Gasteiger partial charge in [0.25, 0.3) is 0 Å². The van der Waals surface area contributed by atoms with Crippen molar-refractivity contribution in [3.8, 4) is 11.5 Å². The van der Waals surface area contributed by atoms with Crippen LogP contribution < -0.4 is 0 Å². The highest BCUT2D eigenvalue weighted by Gasteiger charge is 2.36. The molecule has 0 spiro atoms. The van der Waals surface area contributed by atoms with Gasteiger partial charge in [-0.3, -0.25) is 0 Å². The second-order valence-electron chi connectivity index (χ2n) is 9.46. The van der Waals surface area contributed by atoms with Gasteiger partial charge in [-0.1, -0.05) is 39.2 Å². The van der Waals surface area contributed by atoms with Crippen LogP contribution >= 0.6 is 0 Å². The minimum Gasteiger partial charge on any atom is -0.508 e. The summed E-state index contributed by atoms with van der Waals surface area (Å²) in [6, 6.07) is 3.68. The summed E-state index contributed by atoms with van der Waals surface area (Å²) in [7, 11) is 0. The van der Waals surface area contributed by atoms with Crippen LogP contribution in [0, 0.1) is 10.8 Å². The zero-order valence-corrected chi connectivity index (χ0v) is 16.2. The Bertz CT molecular complexity index is 582. The molecule has 0 radical (unpaired) electrons. The molecule has 0 unspecified atom stereocenters. The monoisotopic (exact) mass is 344 g/mol. The molecule has 0 bridgehead atoms. The van der Waals surface area contributed by atoms with Gasteiger partial charge in [0.1, 0.15) is 11.5 Å². The Morgan fingerprint density at radius 1 is 0.760 bits per heavy atom. The molecule has 2 saturated carbocycles. The van der Waals surface area contributed by atoms with Crippen LogP contribution in [0.15, 0.2) is 12.1 Å². The first-order valence-electron chi connectivity index (χ1n) is 10.4. The molecule has 0 heterocycles. The van der Waals surface area contributed by atoms with Gasteiger partial charge in [0, 0.05) is 5.56 Å². The van der Waals surface area contributed by atoms with Crippen molar-refractivity contribution in [3.05, 3.63) is 23.3 Å². The third-order valence-electron chi connectivity index (χ3n) is 6.73. The molecular weight excluding hydrogens is 308 g/mol. The summed E-state index contributed by atoms with van der Waals surface area (Å²) in [5.74, 6) is 0.618. The van der Waals surface area contributed by atoms with E-state index in [9.17, 15) is 10.2 Å². The number of benzene rings is 1. The first-order chi connectivity index (χ1) is 11.9. The number of hydrogen-bond acceptors (Lipinski definition) is 2. The highest BCUT2D eigenvalue weighted by atomic mass is 16.3.